The van der Waals surface area contributed by atoms with E-state index in [9.17, 15) is 9.18 Å². The Morgan fingerprint density at radius 3 is 2.50 bits per heavy atom. The van der Waals surface area contributed by atoms with Crippen LogP contribution in [0.15, 0.2) is 24.3 Å². The second kappa shape index (κ2) is 7.70. The fourth-order valence-corrected chi connectivity index (χ4v) is 5.19. The lowest BCUT2D eigenvalue weighted by Crippen LogP contribution is -2.59. The molecule has 3 rings (SSSR count). The van der Waals surface area contributed by atoms with Crippen LogP contribution >= 0.6 is 23.5 Å². The topological polar surface area (TPSA) is 41.1 Å². The SMILES string of the molecule is O=C(N[C@H]1CC[C@H]1NC1CSCCSC1)c1cccc(F)c1. The summed E-state index contributed by atoms with van der Waals surface area (Å²) in [6.45, 7) is 0. The van der Waals surface area contributed by atoms with Gasteiger partial charge in [0.15, 0.2) is 0 Å². The number of benzene rings is 1. The van der Waals surface area contributed by atoms with Crippen molar-refractivity contribution in [1.29, 1.82) is 0 Å². The van der Waals surface area contributed by atoms with E-state index in [2.05, 4.69) is 10.6 Å². The van der Waals surface area contributed by atoms with Crippen molar-refractivity contribution in [2.75, 3.05) is 23.0 Å². The molecule has 1 saturated heterocycles. The van der Waals surface area contributed by atoms with Crippen molar-refractivity contribution < 1.29 is 9.18 Å². The van der Waals surface area contributed by atoms with E-state index in [4.69, 9.17) is 0 Å². The molecule has 2 aliphatic rings. The quantitative estimate of drug-likeness (QED) is 0.884. The lowest BCUT2D eigenvalue weighted by atomic mass is 9.85. The van der Waals surface area contributed by atoms with E-state index in [1.54, 1.807) is 12.1 Å². The summed E-state index contributed by atoms with van der Waals surface area (Å²) in [6.07, 6.45) is 2.09. The molecule has 1 aromatic carbocycles. The molecule has 3 nitrogen and oxygen atoms in total. The fraction of sp³-hybridized carbons (Fsp3) is 0.562. The molecule has 1 aromatic rings. The number of carbonyl (C=O) groups excluding carboxylic acids is 1. The highest BCUT2D eigenvalue weighted by Gasteiger charge is 2.33. The zero-order valence-corrected chi connectivity index (χ0v) is 14.0. The highest BCUT2D eigenvalue weighted by molar-refractivity contribution is 8.03. The van der Waals surface area contributed by atoms with E-state index >= 15 is 0 Å². The highest BCUT2D eigenvalue weighted by atomic mass is 32.2. The van der Waals surface area contributed by atoms with Gasteiger partial charge in [0, 0.05) is 46.7 Å². The van der Waals surface area contributed by atoms with Crippen LogP contribution in [-0.4, -0.2) is 47.0 Å². The van der Waals surface area contributed by atoms with Crippen molar-refractivity contribution in [3.8, 4) is 0 Å². The number of thioether (sulfide) groups is 2. The van der Waals surface area contributed by atoms with Gasteiger partial charge in [-0.05, 0) is 31.0 Å². The standard InChI is InChI=1S/C16H21FN2OS2/c17-12-3-1-2-11(8-12)16(20)19-15-5-4-14(15)18-13-9-21-6-7-22-10-13/h1-3,8,13-15,18H,4-7,9-10H2,(H,19,20)/t14-,15+/m1/s1. The molecule has 1 saturated carbocycles. The minimum Gasteiger partial charge on any atom is -0.348 e. The van der Waals surface area contributed by atoms with E-state index in [1.807, 2.05) is 23.5 Å². The number of halogens is 1. The molecular formula is C16H21FN2OS2. The van der Waals surface area contributed by atoms with E-state index in [0.29, 0.717) is 17.6 Å². The average Bonchev–Trinajstić information content (AvgIpc) is 2.77. The molecule has 0 spiro atoms. The van der Waals surface area contributed by atoms with Crippen LogP contribution in [0.4, 0.5) is 4.39 Å². The summed E-state index contributed by atoms with van der Waals surface area (Å²) in [4.78, 5) is 12.2. The Hall–Kier alpha value is -0.720. The van der Waals surface area contributed by atoms with Crippen molar-refractivity contribution in [3.05, 3.63) is 35.6 Å². The molecule has 0 unspecified atom stereocenters. The Bertz CT molecular complexity index is 521. The molecule has 0 bridgehead atoms. The van der Waals surface area contributed by atoms with Crippen LogP contribution in [0.2, 0.25) is 0 Å². The summed E-state index contributed by atoms with van der Waals surface area (Å²) in [5.74, 6) is 4.20. The number of amides is 1. The van der Waals surface area contributed by atoms with Gasteiger partial charge in [0.1, 0.15) is 5.82 Å². The first kappa shape index (κ1) is 16.1. The minimum atomic E-state index is -0.372. The van der Waals surface area contributed by atoms with Crippen molar-refractivity contribution in [2.24, 2.45) is 0 Å². The largest absolute Gasteiger partial charge is 0.348 e. The Morgan fingerprint density at radius 2 is 1.86 bits per heavy atom. The van der Waals surface area contributed by atoms with Gasteiger partial charge in [-0.1, -0.05) is 6.07 Å². The number of carbonyl (C=O) groups is 1. The van der Waals surface area contributed by atoms with Crippen LogP contribution < -0.4 is 10.6 Å². The monoisotopic (exact) mass is 340 g/mol. The average molecular weight is 340 g/mol. The predicted molar refractivity (Wildman–Crippen MR) is 92.2 cm³/mol. The maximum atomic E-state index is 13.2. The van der Waals surface area contributed by atoms with Crippen LogP contribution in [0.25, 0.3) is 0 Å². The number of rotatable bonds is 4. The molecule has 1 aliphatic carbocycles. The summed E-state index contributed by atoms with van der Waals surface area (Å²) < 4.78 is 13.2. The summed E-state index contributed by atoms with van der Waals surface area (Å²) >= 11 is 4.00. The smallest absolute Gasteiger partial charge is 0.251 e. The van der Waals surface area contributed by atoms with Gasteiger partial charge < -0.3 is 10.6 Å². The first-order valence-corrected chi connectivity index (χ1v) is 10.0. The Morgan fingerprint density at radius 1 is 1.14 bits per heavy atom. The molecule has 2 N–H and O–H groups in total. The second-order valence-electron chi connectivity index (χ2n) is 5.79. The third-order valence-electron chi connectivity index (χ3n) is 4.14. The Kier molecular flexibility index (Phi) is 5.66. The highest BCUT2D eigenvalue weighted by Crippen LogP contribution is 2.24. The maximum Gasteiger partial charge on any atom is 0.251 e. The maximum absolute atomic E-state index is 13.2. The molecule has 0 aromatic heterocycles. The van der Waals surface area contributed by atoms with Gasteiger partial charge in [-0.15, -0.1) is 0 Å². The van der Waals surface area contributed by atoms with Crippen molar-refractivity contribution in [1.82, 2.24) is 10.6 Å². The molecule has 1 aliphatic heterocycles. The van der Waals surface area contributed by atoms with E-state index in [0.717, 1.165) is 24.3 Å². The van der Waals surface area contributed by atoms with Crippen molar-refractivity contribution in [2.45, 2.75) is 31.0 Å². The Balaban J connectivity index is 1.51. The number of hydrogen-bond acceptors (Lipinski definition) is 4. The normalized spacial score (nSPS) is 26.0. The van der Waals surface area contributed by atoms with E-state index < -0.39 is 0 Å². The minimum absolute atomic E-state index is 0.161. The van der Waals surface area contributed by atoms with Crippen LogP contribution in [0, 0.1) is 5.82 Å². The second-order valence-corrected chi connectivity index (χ2v) is 8.09. The van der Waals surface area contributed by atoms with Gasteiger partial charge >= 0.3 is 0 Å². The van der Waals surface area contributed by atoms with Gasteiger partial charge in [0.05, 0.1) is 0 Å². The summed E-state index contributed by atoms with van der Waals surface area (Å²) in [5, 5.41) is 6.72. The third-order valence-corrected chi connectivity index (χ3v) is 6.66. The molecule has 2 atom stereocenters. The van der Waals surface area contributed by atoms with Gasteiger partial charge in [0.25, 0.3) is 5.91 Å². The molecule has 6 heteroatoms. The van der Waals surface area contributed by atoms with Gasteiger partial charge in [-0.25, -0.2) is 4.39 Å². The summed E-state index contributed by atoms with van der Waals surface area (Å²) in [6, 6.07) is 6.90. The molecule has 120 valence electrons. The first-order chi connectivity index (χ1) is 10.7. The zero-order valence-electron chi connectivity index (χ0n) is 12.4. The van der Waals surface area contributed by atoms with Gasteiger partial charge in [-0.3, -0.25) is 4.79 Å². The predicted octanol–water partition coefficient (Wildman–Crippen LogP) is 2.52. The molecule has 1 heterocycles. The number of hydrogen-bond donors (Lipinski definition) is 2. The molecule has 1 amide bonds. The van der Waals surface area contributed by atoms with Crippen LogP contribution in [0.5, 0.6) is 0 Å². The van der Waals surface area contributed by atoms with E-state index in [1.165, 1.54) is 23.6 Å². The lowest BCUT2D eigenvalue weighted by Gasteiger charge is -2.40. The van der Waals surface area contributed by atoms with Crippen molar-refractivity contribution in [3.63, 3.8) is 0 Å². The third kappa shape index (κ3) is 4.18. The van der Waals surface area contributed by atoms with E-state index in [-0.39, 0.29) is 17.8 Å². The molecule has 0 radical (unpaired) electrons. The van der Waals surface area contributed by atoms with Gasteiger partial charge in [0.2, 0.25) is 0 Å². The fourth-order valence-electron chi connectivity index (χ4n) is 2.77. The molecular weight excluding hydrogens is 319 g/mol. The zero-order chi connectivity index (χ0) is 15.4. The van der Waals surface area contributed by atoms with Crippen LogP contribution in [0.1, 0.15) is 23.2 Å². The van der Waals surface area contributed by atoms with Crippen LogP contribution in [-0.2, 0) is 0 Å². The van der Waals surface area contributed by atoms with Gasteiger partial charge in [-0.2, -0.15) is 23.5 Å². The van der Waals surface area contributed by atoms with Crippen LogP contribution in [0.3, 0.4) is 0 Å². The van der Waals surface area contributed by atoms with Crippen molar-refractivity contribution >= 4 is 29.4 Å². The first-order valence-electron chi connectivity index (χ1n) is 7.70. The number of nitrogens with one attached hydrogen (secondary N) is 2. The molecule has 22 heavy (non-hydrogen) atoms. The summed E-state index contributed by atoms with van der Waals surface area (Å²) in [7, 11) is 0. The molecule has 2 fully saturated rings. The summed E-state index contributed by atoms with van der Waals surface area (Å²) in [5.41, 5.74) is 0.395. The Labute approximate surface area is 139 Å². The lowest BCUT2D eigenvalue weighted by molar-refractivity contribution is 0.0891.